The molecule has 6 nitrogen and oxygen atoms in total. The van der Waals surface area contributed by atoms with Crippen LogP contribution in [0.5, 0.6) is 0 Å². The fourth-order valence-electron chi connectivity index (χ4n) is 2.07. The van der Waals surface area contributed by atoms with Gasteiger partial charge >= 0.3 is 0 Å². The zero-order valence-electron chi connectivity index (χ0n) is 12.3. The molecule has 0 aliphatic heterocycles. The molecule has 2 heterocycles. The molecule has 0 saturated heterocycles. The first-order valence-corrected chi connectivity index (χ1v) is 7.43. The summed E-state index contributed by atoms with van der Waals surface area (Å²) in [4.78, 5) is 24.4. The fraction of sp³-hybridized carbons (Fsp3) is 0.200. The molecule has 0 fully saturated rings. The number of amides is 1. The van der Waals surface area contributed by atoms with E-state index in [9.17, 15) is 9.59 Å². The van der Waals surface area contributed by atoms with Gasteiger partial charge in [0.2, 0.25) is 5.13 Å². The van der Waals surface area contributed by atoms with Crippen molar-refractivity contribution in [3.8, 4) is 0 Å². The Bertz CT molecular complexity index is 943. The summed E-state index contributed by atoms with van der Waals surface area (Å²) in [6.45, 7) is 5.57. The third-order valence-electron chi connectivity index (χ3n) is 3.39. The van der Waals surface area contributed by atoms with Gasteiger partial charge < -0.3 is 4.42 Å². The lowest BCUT2D eigenvalue weighted by atomic mass is 10.1. The normalized spacial score (nSPS) is 10.9. The van der Waals surface area contributed by atoms with Crippen molar-refractivity contribution < 1.29 is 9.21 Å². The maximum atomic E-state index is 12.2. The minimum absolute atomic E-state index is 0.0425. The summed E-state index contributed by atoms with van der Waals surface area (Å²) >= 11 is 1.25. The number of anilines is 1. The van der Waals surface area contributed by atoms with E-state index in [1.165, 1.54) is 17.4 Å². The van der Waals surface area contributed by atoms with Crippen molar-refractivity contribution in [1.82, 2.24) is 10.2 Å². The number of aromatic nitrogens is 2. The zero-order valence-corrected chi connectivity index (χ0v) is 13.1. The number of carbonyl (C=O) groups is 1. The van der Waals surface area contributed by atoms with Gasteiger partial charge in [-0.2, -0.15) is 0 Å². The highest BCUT2D eigenvalue weighted by molar-refractivity contribution is 7.15. The Balaban J connectivity index is 2.05. The molecule has 0 bridgehead atoms. The minimum Gasteiger partial charge on any atom is -0.450 e. The average Bonchev–Trinajstić information content (AvgIpc) is 2.88. The van der Waals surface area contributed by atoms with Gasteiger partial charge in [-0.1, -0.05) is 17.4 Å². The number of nitrogens with one attached hydrogen (secondary N) is 1. The summed E-state index contributed by atoms with van der Waals surface area (Å²) in [5.74, 6) is -0.560. The van der Waals surface area contributed by atoms with Crippen LogP contribution in [0.4, 0.5) is 5.13 Å². The number of benzene rings is 1. The second-order valence-electron chi connectivity index (χ2n) is 4.94. The van der Waals surface area contributed by atoms with E-state index < -0.39 is 5.91 Å². The third kappa shape index (κ3) is 2.50. The Hall–Kier alpha value is -2.54. The summed E-state index contributed by atoms with van der Waals surface area (Å²) in [6.07, 6.45) is 0. The molecule has 0 spiro atoms. The predicted octanol–water partition coefficient (Wildman–Crippen LogP) is 2.82. The van der Waals surface area contributed by atoms with Crippen LogP contribution in [0.2, 0.25) is 0 Å². The molecule has 1 amide bonds. The topological polar surface area (TPSA) is 85.1 Å². The minimum atomic E-state index is -0.518. The number of rotatable bonds is 2. The van der Waals surface area contributed by atoms with Gasteiger partial charge in [-0.05, 0) is 38.0 Å². The quantitative estimate of drug-likeness (QED) is 0.786. The van der Waals surface area contributed by atoms with Crippen LogP contribution >= 0.6 is 11.3 Å². The summed E-state index contributed by atoms with van der Waals surface area (Å²) in [5.41, 5.74) is 2.03. The molecule has 1 aromatic carbocycles. The number of carbonyl (C=O) groups excluding carboxylic acids is 1. The number of nitrogens with zero attached hydrogens (tertiary/aromatic N) is 2. The monoisotopic (exact) mass is 315 g/mol. The Labute approximate surface area is 129 Å². The summed E-state index contributed by atoms with van der Waals surface area (Å²) in [7, 11) is 0. The predicted molar refractivity (Wildman–Crippen MR) is 84.6 cm³/mol. The van der Waals surface area contributed by atoms with Crippen molar-refractivity contribution >= 4 is 33.3 Å². The van der Waals surface area contributed by atoms with Gasteiger partial charge in [-0.15, -0.1) is 10.2 Å². The van der Waals surface area contributed by atoms with Crippen molar-refractivity contribution in [3.05, 3.63) is 50.3 Å². The van der Waals surface area contributed by atoms with Crippen molar-refractivity contribution in [3.63, 3.8) is 0 Å². The Morgan fingerprint density at radius 2 is 2.00 bits per heavy atom. The first-order chi connectivity index (χ1) is 10.5. The Kier molecular flexibility index (Phi) is 3.50. The van der Waals surface area contributed by atoms with E-state index in [4.69, 9.17) is 4.42 Å². The first kappa shape index (κ1) is 14.4. The fourth-order valence-corrected chi connectivity index (χ4v) is 2.66. The average molecular weight is 315 g/mol. The maximum absolute atomic E-state index is 12.2. The highest BCUT2D eigenvalue weighted by atomic mass is 32.1. The van der Waals surface area contributed by atoms with Gasteiger partial charge in [-0.25, -0.2) is 0 Å². The summed E-state index contributed by atoms with van der Waals surface area (Å²) in [5, 5.41) is 11.8. The molecule has 0 saturated carbocycles. The first-order valence-electron chi connectivity index (χ1n) is 6.61. The number of fused-ring (bicyclic) bond motifs is 1. The summed E-state index contributed by atoms with van der Waals surface area (Å²) < 4.78 is 5.64. The number of aryl methyl sites for hydroxylation is 3. The van der Waals surface area contributed by atoms with Crippen molar-refractivity contribution in [2.45, 2.75) is 20.8 Å². The molecule has 22 heavy (non-hydrogen) atoms. The second-order valence-corrected chi connectivity index (χ2v) is 6.12. The van der Waals surface area contributed by atoms with Crippen LogP contribution in [0, 0.1) is 20.8 Å². The van der Waals surface area contributed by atoms with Crippen molar-refractivity contribution in [1.29, 1.82) is 0 Å². The zero-order chi connectivity index (χ0) is 15.9. The molecule has 1 N–H and O–H groups in total. The van der Waals surface area contributed by atoms with E-state index in [2.05, 4.69) is 15.5 Å². The van der Waals surface area contributed by atoms with Gasteiger partial charge in [-0.3, -0.25) is 14.9 Å². The highest BCUT2D eigenvalue weighted by Gasteiger charge is 2.15. The Morgan fingerprint density at radius 3 is 2.68 bits per heavy atom. The van der Waals surface area contributed by atoms with Gasteiger partial charge in [0.1, 0.15) is 10.6 Å². The molecule has 0 aliphatic rings. The van der Waals surface area contributed by atoms with E-state index in [0.717, 1.165) is 16.1 Å². The third-order valence-corrected chi connectivity index (χ3v) is 4.14. The molecule has 0 radical (unpaired) electrons. The highest BCUT2D eigenvalue weighted by Crippen LogP contribution is 2.21. The van der Waals surface area contributed by atoms with Gasteiger partial charge in [0.25, 0.3) is 5.91 Å². The molecule has 3 rings (SSSR count). The molecule has 0 aliphatic carbocycles. The van der Waals surface area contributed by atoms with Gasteiger partial charge in [0.05, 0.1) is 5.39 Å². The molecular weight excluding hydrogens is 302 g/mol. The molecule has 0 unspecified atom stereocenters. The van der Waals surface area contributed by atoms with Crippen molar-refractivity contribution in [2.24, 2.45) is 0 Å². The van der Waals surface area contributed by atoms with Gasteiger partial charge in [0, 0.05) is 6.07 Å². The SMILES string of the molecule is Cc1nnc(NC(=O)c2cc(=O)c3ccc(C)c(C)c3o2)s1. The van der Waals surface area contributed by atoms with Crippen molar-refractivity contribution in [2.75, 3.05) is 5.32 Å². The molecule has 2 aromatic heterocycles. The molecular formula is C15H13N3O3S. The number of hydrogen-bond acceptors (Lipinski definition) is 6. The largest absolute Gasteiger partial charge is 0.450 e. The van der Waals surface area contributed by atoms with E-state index in [1.54, 1.807) is 13.0 Å². The van der Waals surface area contributed by atoms with Crippen LogP contribution in [0.3, 0.4) is 0 Å². The van der Waals surface area contributed by atoms with Crippen LogP contribution < -0.4 is 10.7 Å². The molecule has 3 aromatic rings. The summed E-state index contributed by atoms with van der Waals surface area (Å²) in [6, 6.07) is 4.76. The lowest BCUT2D eigenvalue weighted by Gasteiger charge is -2.06. The van der Waals surface area contributed by atoms with E-state index in [-0.39, 0.29) is 11.2 Å². The van der Waals surface area contributed by atoms with Gasteiger partial charge in [0.15, 0.2) is 11.2 Å². The lowest BCUT2D eigenvalue weighted by molar-refractivity contribution is 0.0997. The van der Waals surface area contributed by atoms with E-state index in [0.29, 0.717) is 16.1 Å². The molecule has 0 atom stereocenters. The standard InChI is InChI=1S/C15H13N3O3S/c1-7-4-5-10-11(19)6-12(21-13(10)8(7)2)14(20)16-15-18-17-9(3)22-15/h4-6H,1-3H3,(H,16,18,20). The molecule has 7 heteroatoms. The maximum Gasteiger partial charge on any atom is 0.293 e. The van der Waals surface area contributed by atoms with Crippen LogP contribution in [-0.4, -0.2) is 16.1 Å². The molecule has 112 valence electrons. The van der Waals surface area contributed by atoms with Crippen LogP contribution in [-0.2, 0) is 0 Å². The van der Waals surface area contributed by atoms with Crippen LogP contribution in [0.1, 0.15) is 26.7 Å². The second kappa shape index (κ2) is 5.34. The lowest BCUT2D eigenvalue weighted by Crippen LogP contribution is -2.15. The van der Waals surface area contributed by atoms with E-state index >= 15 is 0 Å². The number of hydrogen-bond donors (Lipinski definition) is 1. The van der Waals surface area contributed by atoms with E-state index in [1.807, 2.05) is 19.9 Å². The Morgan fingerprint density at radius 1 is 1.23 bits per heavy atom. The van der Waals surface area contributed by atoms with Crippen LogP contribution in [0.25, 0.3) is 11.0 Å². The smallest absolute Gasteiger partial charge is 0.293 e. The van der Waals surface area contributed by atoms with Crippen LogP contribution in [0.15, 0.2) is 27.4 Å².